The average molecular weight is 179 g/mol. The summed E-state index contributed by atoms with van der Waals surface area (Å²) >= 11 is 0. The Hall–Kier alpha value is -1.36. The number of aromatic nitrogens is 2. The van der Waals surface area contributed by atoms with E-state index in [2.05, 4.69) is 20.2 Å². The highest BCUT2D eigenvalue weighted by Crippen LogP contribution is 2.10. The molecule has 5 nitrogen and oxygen atoms in total. The molecule has 69 valence electrons. The molecule has 0 aliphatic carbocycles. The van der Waals surface area contributed by atoms with E-state index in [0.717, 1.165) is 26.2 Å². The fourth-order valence-corrected chi connectivity index (χ4v) is 1.34. The van der Waals surface area contributed by atoms with Crippen LogP contribution in [0.1, 0.15) is 0 Å². The summed E-state index contributed by atoms with van der Waals surface area (Å²) in [5.41, 5.74) is 0. The van der Waals surface area contributed by atoms with Gasteiger partial charge < -0.3 is 10.2 Å². The van der Waals surface area contributed by atoms with Gasteiger partial charge in [0.05, 0.1) is 12.4 Å². The summed E-state index contributed by atoms with van der Waals surface area (Å²) in [6.45, 7) is 3.70. The van der Waals surface area contributed by atoms with Crippen molar-refractivity contribution in [3.63, 3.8) is 0 Å². The summed E-state index contributed by atoms with van der Waals surface area (Å²) in [5.74, 6) is 0.514. The molecule has 0 saturated carbocycles. The van der Waals surface area contributed by atoms with Crippen LogP contribution < -0.4 is 10.2 Å². The summed E-state index contributed by atoms with van der Waals surface area (Å²) in [4.78, 5) is 10.0. The predicted molar refractivity (Wildman–Crippen MR) is 47.2 cm³/mol. The van der Waals surface area contributed by atoms with Crippen molar-refractivity contribution in [2.75, 3.05) is 31.1 Å². The molecule has 1 fully saturated rings. The van der Waals surface area contributed by atoms with Crippen LogP contribution in [0.4, 0.5) is 5.95 Å². The van der Waals surface area contributed by atoms with Crippen LogP contribution in [0, 0.1) is 0 Å². The second kappa shape index (κ2) is 3.57. The van der Waals surface area contributed by atoms with Gasteiger partial charge in [0.1, 0.15) is 0 Å². The van der Waals surface area contributed by atoms with Gasteiger partial charge in [-0.3, -0.25) is 5.11 Å². The number of rotatable bonds is 1. The number of hydrogen-bond acceptors (Lipinski definition) is 4. The number of anilines is 1. The van der Waals surface area contributed by atoms with E-state index in [1.807, 2.05) is 0 Å². The van der Waals surface area contributed by atoms with E-state index in [-0.39, 0.29) is 5.75 Å². The van der Waals surface area contributed by atoms with E-state index in [0.29, 0.717) is 5.95 Å². The van der Waals surface area contributed by atoms with Gasteiger partial charge in [0, 0.05) is 26.2 Å². The van der Waals surface area contributed by atoms with Crippen LogP contribution in [0.2, 0.25) is 0 Å². The fourth-order valence-electron chi connectivity index (χ4n) is 1.34. The molecular weight excluding hydrogens is 168 g/mol. The number of nitrogens with one attached hydrogen (secondary N) is 1. The lowest BCUT2D eigenvalue weighted by Crippen LogP contribution is -2.44. The van der Waals surface area contributed by atoms with E-state index < -0.39 is 0 Å². The highest BCUT2D eigenvalue weighted by molar-refractivity contribution is 5.31. The van der Waals surface area contributed by atoms with Gasteiger partial charge >= 0.3 is 0 Å². The molecule has 1 aliphatic rings. The maximum Gasteiger partial charge on any atom is 0.225 e. The van der Waals surface area contributed by atoms with Gasteiger partial charge in [-0.25, -0.2) is 9.97 Å². The van der Waals surface area contributed by atoms with E-state index >= 15 is 0 Å². The van der Waals surface area contributed by atoms with Crippen molar-refractivity contribution in [1.82, 2.24) is 15.3 Å². The van der Waals surface area contributed by atoms with Crippen molar-refractivity contribution in [3.05, 3.63) is 12.4 Å². The Morgan fingerprint density at radius 3 is 2.46 bits per heavy atom. The van der Waals surface area contributed by atoms with Crippen LogP contribution in [0.5, 0.6) is 5.75 Å². The summed E-state index contributed by atoms with van der Waals surface area (Å²) < 4.78 is 0. The molecule has 2 heterocycles. The van der Waals surface area contributed by atoms with Crippen molar-refractivity contribution in [1.29, 1.82) is 0 Å². The third kappa shape index (κ3) is 1.86. The minimum absolute atomic E-state index is 0.140. The molecule has 2 rings (SSSR count). The van der Waals surface area contributed by atoms with E-state index in [4.69, 9.17) is 0 Å². The van der Waals surface area contributed by atoms with Gasteiger partial charge in [-0.1, -0.05) is 0 Å². The van der Waals surface area contributed by atoms with Gasteiger partial charge in [0.15, 0.2) is 0 Å². The van der Waals surface area contributed by atoms with Crippen molar-refractivity contribution < 1.29 is 5.11 Å². The Morgan fingerprint density at radius 2 is 1.85 bits per heavy atom. The van der Waals surface area contributed by atoms with Crippen molar-refractivity contribution in [2.24, 2.45) is 0 Å². The van der Waals surface area contributed by atoms with Gasteiger partial charge in [0.2, 0.25) is 11.7 Å². The zero-order chi connectivity index (χ0) is 9.10. The van der Waals surface area contributed by atoms with Crippen LogP contribution in [0.15, 0.2) is 12.4 Å². The standard InChI is InChI=1S/C8H11N4O/c13-7-5-10-8(11-6-7)12-3-1-9-2-4-12/h5-6,9H,1-4H2. The zero-order valence-corrected chi connectivity index (χ0v) is 7.23. The average Bonchev–Trinajstić information content (AvgIpc) is 2.20. The Balaban J connectivity index is 2.10. The first-order valence-corrected chi connectivity index (χ1v) is 4.31. The lowest BCUT2D eigenvalue weighted by molar-refractivity contribution is 0.351. The van der Waals surface area contributed by atoms with Gasteiger partial charge in [-0.05, 0) is 0 Å². The molecule has 13 heavy (non-hydrogen) atoms. The zero-order valence-electron chi connectivity index (χ0n) is 7.23. The molecule has 0 atom stereocenters. The van der Waals surface area contributed by atoms with Crippen molar-refractivity contribution >= 4 is 5.95 Å². The van der Waals surface area contributed by atoms with E-state index in [9.17, 15) is 5.11 Å². The minimum Gasteiger partial charge on any atom is -0.338 e. The molecule has 0 unspecified atom stereocenters. The molecular formula is C8H11N4O. The Labute approximate surface area is 76.4 Å². The smallest absolute Gasteiger partial charge is 0.225 e. The third-order valence-electron chi connectivity index (χ3n) is 2.01. The van der Waals surface area contributed by atoms with Gasteiger partial charge in [0.25, 0.3) is 0 Å². The molecule has 0 spiro atoms. The first-order chi connectivity index (χ1) is 6.36. The molecule has 1 aliphatic heterocycles. The van der Waals surface area contributed by atoms with Crippen LogP contribution in [-0.4, -0.2) is 36.1 Å². The predicted octanol–water partition coefficient (Wildman–Crippen LogP) is 0.0300. The van der Waals surface area contributed by atoms with Crippen LogP contribution in [-0.2, 0) is 5.11 Å². The second-order valence-corrected chi connectivity index (χ2v) is 2.96. The summed E-state index contributed by atoms with van der Waals surface area (Å²) in [5, 5.41) is 14.0. The number of hydrogen-bond donors (Lipinski definition) is 1. The molecule has 0 bridgehead atoms. The Morgan fingerprint density at radius 1 is 1.23 bits per heavy atom. The lowest BCUT2D eigenvalue weighted by Gasteiger charge is -2.26. The highest BCUT2D eigenvalue weighted by Gasteiger charge is 2.12. The Kier molecular flexibility index (Phi) is 2.27. The normalized spacial score (nSPS) is 17.4. The SMILES string of the molecule is [O]c1cnc(N2CCNCC2)nc1. The van der Waals surface area contributed by atoms with Crippen LogP contribution in [0.3, 0.4) is 0 Å². The molecule has 1 aromatic heterocycles. The van der Waals surface area contributed by atoms with Crippen LogP contribution in [0.25, 0.3) is 0 Å². The third-order valence-corrected chi connectivity index (χ3v) is 2.01. The summed E-state index contributed by atoms with van der Waals surface area (Å²) in [6, 6.07) is 0. The number of nitrogens with zero attached hydrogens (tertiary/aromatic N) is 3. The molecule has 1 N–H and O–H groups in total. The first-order valence-electron chi connectivity index (χ1n) is 4.31. The van der Waals surface area contributed by atoms with Crippen molar-refractivity contribution in [2.45, 2.75) is 0 Å². The van der Waals surface area contributed by atoms with Gasteiger partial charge in [-0.15, -0.1) is 0 Å². The molecule has 1 saturated heterocycles. The topological polar surface area (TPSA) is 61.0 Å². The maximum absolute atomic E-state index is 10.7. The molecule has 5 heteroatoms. The minimum atomic E-state index is -0.140. The molecule has 1 aromatic rings. The summed E-state index contributed by atoms with van der Waals surface area (Å²) in [6.07, 6.45) is 2.62. The quantitative estimate of drug-likeness (QED) is 0.660. The maximum atomic E-state index is 10.7. The lowest BCUT2D eigenvalue weighted by atomic mass is 10.4. The molecule has 0 aromatic carbocycles. The highest BCUT2D eigenvalue weighted by atomic mass is 16.3. The van der Waals surface area contributed by atoms with Gasteiger partial charge in [-0.2, -0.15) is 0 Å². The van der Waals surface area contributed by atoms with E-state index in [1.165, 1.54) is 12.4 Å². The largest absolute Gasteiger partial charge is 0.338 e. The summed E-state index contributed by atoms with van der Waals surface area (Å²) in [7, 11) is 0. The monoisotopic (exact) mass is 179 g/mol. The van der Waals surface area contributed by atoms with E-state index in [1.54, 1.807) is 0 Å². The van der Waals surface area contributed by atoms with Crippen LogP contribution >= 0.6 is 0 Å². The van der Waals surface area contributed by atoms with Crippen molar-refractivity contribution in [3.8, 4) is 5.75 Å². The second-order valence-electron chi connectivity index (χ2n) is 2.96. The first kappa shape index (κ1) is 8.25. The number of piperazine rings is 1. The molecule has 0 amide bonds. The molecule has 1 radical (unpaired) electrons. The Bertz CT molecular complexity index is 268. The fraction of sp³-hybridized carbons (Fsp3) is 0.500.